The number of thiazole rings is 1. The number of amides is 1. The number of rotatable bonds is 3. The van der Waals surface area contributed by atoms with Gasteiger partial charge in [0.05, 0.1) is 4.88 Å². The van der Waals surface area contributed by atoms with Crippen LogP contribution in [0.3, 0.4) is 0 Å². The quantitative estimate of drug-likeness (QED) is 0.757. The van der Waals surface area contributed by atoms with Gasteiger partial charge in [-0.1, -0.05) is 18.2 Å². The summed E-state index contributed by atoms with van der Waals surface area (Å²) in [6.45, 7) is 0. The molecule has 2 aliphatic heterocycles. The molecule has 2 aromatic rings. The van der Waals surface area contributed by atoms with Gasteiger partial charge in [0.2, 0.25) is 0 Å². The van der Waals surface area contributed by atoms with Gasteiger partial charge in [-0.3, -0.25) is 4.79 Å². The molecule has 0 radical (unpaired) electrons. The van der Waals surface area contributed by atoms with E-state index in [0.717, 1.165) is 23.3 Å². The van der Waals surface area contributed by atoms with Gasteiger partial charge in [0, 0.05) is 35.6 Å². The Morgan fingerprint density at radius 1 is 1.36 bits per heavy atom. The highest BCUT2D eigenvalue weighted by Gasteiger charge is 2.39. The van der Waals surface area contributed by atoms with Gasteiger partial charge < -0.3 is 16.4 Å². The van der Waals surface area contributed by atoms with Gasteiger partial charge in [-0.15, -0.1) is 11.3 Å². The monoisotopic (exact) mass is 314 g/mol. The summed E-state index contributed by atoms with van der Waals surface area (Å²) in [7, 11) is 0. The van der Waals surface area contributed by atoms with Crippen LogP contribution in [0.25, 0.3) is 10.4 Å². The van der Waals surface area contributed by atoms with Crippen LogP contribution in [0.5, 0.6) is 0 Å². The van der Waals surface area contributed by atoms with Crippen LogP contribution in [0.1, 0.15) is 29.1 Å². The maximum atomic E-state index is 12.4. The Hall–Kier alpha value is -1.92. The molecule has 1 aromatic carbocycles. The number of para-hydroxylation sites is 1. The summed E-state index contributed by atoms with van der Waals surface area (Å²) < 4.78 is 0. The first-order chi connectivity index (χ1) is 10.7. The molecular formula is C16H18N4OS. The van der Waals surface area contributed by atoms with Gasteiger partial charge >= 0.3 is 0 Å². The van der Waals surface area contributed by atoms with E-state index >= 15 is 0 Å². The lowest BCUT2D eigenvalue weighted by Crippen LogP contribution is -2.42. The average Bonchev–Trinajstić information content (AvgIpc) is 3.24. The Kier molecular flexibility index (Phi) is 3.35. The van der Waals surface area contributed by atoms with Gasteiger partial charge in [-0.05, 0) is 25.3 Å². The molecule has 114 valence electrons. The number of nitrogens with two attached hydrogens (primary N) is 1. The van der Waals surface area contributed by atoms with Crippen LogP contribution in [0.2, 0.25) is 0 Å². The average molecular weight is 314 g/mol. The zero-order valence-corrected chi connectivity index (χ0v) is 12.9. The molecule has 0 saturated carbocycles. The zero-order valence-electron chi connectivity index (χ0n) is 12.1. The van der Waals surface area contributed by atoms with Gasteiger partial charge in [-0.25, -0.2) is 4.98 Å². The largest absolute Gasteiger partial charge is 0.398 e. The third-order valence-corrected chi connectivity index (χ3v) is 5.57. The lowest BCUT2D eigenvalue weighted by atomic mass is 9.95. The maximum Gasteiger partial charge on any atom is 0.280 e. The standard InChI is InChI=1S/C16H18N4OS/c17-11-4-2-1-3-10(11)14-8-18-16(22-14)15(21)20-13-7-9-5-6-12(13)19-9/h1-4,8-9,12-13,19H,5-7,17H2,(H,20,21)/t9-,12+,13-/m1/s1. The lowest BCUT2D eigenvalue weighted by Gasteiger charge is -2.20. The van der Waals surface area contributed by atoms with Crippen LogP contribution in [0.4, 0.5) is 5.69 Å². The van der Waals surface area contributed by atoms with Crippen LogP contribution in [-0.2, 0) is 0 Å². The number of benzene rings is 1. The zero-order chi connectivity index (χ0) is 15.1. The number of aromatic nitrogens is 1. The fourth-order valence-corrected chi connectivity index (χ4v) is 4.31. The predicted octanol–water partition coefficient (Wildman–Crippen LogP) is 2.02. The Bertz CT molecular complexity index is 714. The van der Waals surface area contributed by atoms with Gasteiger partial charge in [-0.2, -0.15) is 0 Å². The smallest absolute Gasteiger partial charge is 0.280 e. The first kappa shape index (κ1) is 13.7. The lowest BCUT2D eigenvalue weighted by molar-refractivity contribution is 0.0930. The summed E-state index contributed by atoms with van der Waals surface area (Å²) in [5, 5.41) is 7.15. The van der Waals surface area contributed by atoms with Crippen molar-refractivity contribution in [2.75, 3.05) is 5.73 Å². The number of nitrogen functional groups attached to an aromatic ring is 1. The van der Waals surface area contributed by atoms with Gasteiger partial charge in [0.1, 0.15) is 0 Å². The van der Waals surface area contributed by atoms with E-state index in [0.29, 0.717) is 22.8 Å². The Morgan fingerprint density at radius 2 is 2.23 bits per heavy atom. The van der Waals surface area contributed by atoms with Gasteiger partial charge in [0.25, 0.3) is 5.91 Å². The van der Waals surface area contributed by atoms with Crippen molar-refractivity contribution in [3.63, 3.8) is 0 Å². The number of hydrogen-bond acceptors (Lipinski definition) is 5. The summed E-state index contributed by atoms with van der Waals surface area (Å²) in [4.78, 5) is 17.6. The molecule has 2 fully saturated rings. The number of nitrogens with zero attached hydrogens (tertiary/aromatic N) is 1. The first-order valence-electron chi connectivity index (χ1n) is 7.58. The highest BCUT2D eigenvalue weighted by Crippen LogP contribution is 2.31. The Morgan fingerprint density at radius 3 is 2.95 bits per heavy atom. The fraction of sp³-hybridized carbons (Fsp3) is 0.375. The number of anilines is 1. The molecule has 0 unspecified atom stereocenters. The van der Waals surface area contributed by atoms with E-state index in [1.54, 1.807) is 6.20 Å². The Labute approximate surface area is 132 Å². The van der Waals surface area contributed by atoms with Crippen LogP contribution < -0.4 is 16.4 Å². The van der Waals surface area contributed by atoms with Crippen molar-refractivity contribution in [2.45, 2.75) is 37.4 Å². The number of carbonyl (C=O) groups is 1. The van der Waals surface area contributed by atoms with Crippen LogP contribution in [-0.4, -0.2) is 29.0 Å². The normalized spacial score (nSPS) is 26.3. The second-order valence-corrected chi connectivity index (χ2v) is 7.01. The fourth-order valence-electron chi connectivity index (χ4n) is 3.44. The number of fused-ring (bicyclic) bond motifs is 2. The second kappa shape index (κ2) is 5.37. The highest BCUT2D eigenvalue weighted by molar-refractivity contribution is 7.17. The van der Waals surface area contributed by atoms with E-state index in [1.807, 2.05) is 24.3 Å². The molecule has 3 heterocycles. The highest BCUT2D eigenvalue weighted by atomic mass is 32.1. The van der Waals surface area contributed by atoms with E-state index in [2.05, 4.69) is 15.6 Å². The summed E-state index contributed by atoms with van der Waals surface area (Å²) in [5.74, 6) is -0.0786. The molecule has 3 atom stereocenters. The molecule has 2 bridgehead atoms. The molecule has 1 aromatic heterocycles. The second-order valence-electron chi connectivity index (χ2n) is 5.98. The molecule has 1 amide bonds. The molecular weight excluding hydrogens is 296 g/mol. The van der Waals surface area contributed by atoms with Crippen molar-refractivity contribution in [3.05, 3.63) is 35.5 Å². The van der Waals surface area contributed by atoms with E-state index in [9.17, 15) is 4.79 Å². The minimum Gasteiger partial charge on any atom is -0.398 e. The molecule has 6 heteroatoms. The van der Waals surface area contributed by atoms with Crippen molar-refractivity contribution in [3.8, 4) is 10.4 Å². The van der Waals surface area contributed by atoms with Crippen molar-refractivity contribution in [2.24, 2.45) is 0 Å². The van der Waals surface area contributed by atoms with E-state index in [1.165, 1.54) is 17.8 Å². The van der Waals surface area contributed by atoms with Crippen LogP contribution in [0.15, 0.2) is 30.5 Å². The SMILES string of the molecule is Nc1ccccc1-c1cnc(C(=O)N[C@@H]2C[C@H]3CC[C@@H]2N3)s1. The van der Waals surface area contributed by atoms with Crippen molar-refractivity contribution in [1.82, 2.24) is 15.6 Å². The molecule has 22 heavy (non-hydrogen) atoms. The first-order valence-corrected chi connectivity index (χ1v) is 8.40. The van der Waals surface area contributed by atoms with Crippen molar-refractivity contribution in [1.29, 1.82) is 0 Å². The molecule has 2 saturated heterocycles. The van der Waals surface area contributed by atoms with Crippen molar-refractivity contribution < 1.29 is 4.79 Å². The molecule has 0 aliphatic carbocycles. The molecule has 5 nitrogen and oxygen atoms in total. The predicted molar refractivity (Wildman–Crippen MR) is 87.8 cm³/mol. The van der Waals surface area contributed by atoms with Crippen molar-refractivity contribution >= 4 is 22.9 Å². The third-order valence-electron chi connectivity index (χ3n) is 4.54. The van der Waals surface area contributed by atoms with Crippen LogP contribution >= 0.6 is 11.3 Å². The third kappa shape index (κ3) is 2.38. The van der Waals surface area contributed by atoms with E-state index in [-0.39, 0.29) is 11.9 Å². The number of hydrogen-bond donors (Lipinski definition) is 3. The van der Waals surface area contributed by atoms with Crippen LogP contribution in [0, 0.1) is 0 Å². The number of nitrogens with one attached hydrogen (secondary N) is 2. The summed E-state index contributed by atoms with van der Waals surface area (Å²) in [6, 6.07) is 8.88. The minimum atomic E-state index is -0.0786. The Balaban J connectivity index is 1.49. The van der Waals surface area contributed by atoms with E-state index in [4.69, 9.17) is 5.73 Å². The summed E-state index contributed by atoms with van der Waals surface area (Å²) in [6.07, 6.45) is 5.13. The summed E-state index contributed by atoms with van der Waals surface area (Å²) in [5.41, 5.74) is 7.62. The van der Waals surface area contributed by atoms with E-state index < -0.39 is 0 Å². The minimum absolute atomic E-state index is 0.0786. The number of carbonyl (C=O) groups excluding carboxylic acids is 1. The maximum absolute atomic E-state index is 12.4. The summed E-state index contributed by atoms with van der Waals surface area (Å²) >= 11 is 1.39. The topological polar surface area (TPSA) is 80.0 Å². The molecule has 0 spiro atoms. The molecule has 4 rings (SSSR count). The molecule has 2 aliphatic rings. The molecule has 4 N–H and O–H groups in total. The van der Waals surface area contributed by atoms with Gasteiger partial charge in [0.15, 0.2) is 5.01 Å².